The summed E-state index contributed by atoms with van der Waals surface area (Å²) in [7, 11) is 0. The van der Waals surface area contributed by atoms with Crippen molar-refractivity contribution in [3.8, 4) is 17.2 Å². The summed E-state index contributed by atoms with van der Waals surface area (Å²) in [5, 5.41) is 9.38. The first-order valence-corrected chi connectivity index (χ1v) is 15.1. The number of ether oxygens (including phenoxy) is 3. The van der Waals surface area contributed by atoms with Gasteiger partial charge in [-0.3, -0.25) is 14.4 Å². The van der Waals surface area contributed by atoms with E-state index in [2.05, 4.69) is 21.2 Å². The molecular weight excluding hydrogens is 576 g/mol. The van der Waals surface area contributed by atoms with Gasteiger partial charge in [0.1, 0.15) is 5.75 Å². The van der Waals surface area contributed by atoms with Gasteiger partial charge in [-0.1, -0.05) is 38.3 Å². The number of esters is 1. The third-order valence-corrected chi connectivity index (χ3v) is 6.98. The van der Waals surface area contributed by atoms with Gasteiger partial charge in [-0.2, -0.15) is 5.10 Å². The van der Waals surface area contributed by atoms with Crippen LogP contribution in [0.2, 0.25) is 0 Å². The number of carbonyl (C=O) groups excluding carboxylic acids is 4. The fourth-order valence-corrected chi connectivity index (χ4v) is 4.72. The fraction of sp³-hybridized carbons (Fsp3) is 0.324. The monoisotopic (exact) mass is 614 g/mol. The predicted molar refractivity (Wildman–Crippen MR) is 170 cm³/mol. The Bertz CT molecular complexity index is 1520. The van der Waals surface area contributed by atoms with E-state index in [1.54, 1.807) is 73.7 Å². The van der Waals surface area contributed by atoms with E-state index < -0.39 is 17.8 Å². The van der Waals surface area contributed by atoms with Crippen LogP contribution in [0.25, 0.3) is 0 Å². The largest absolute Gasteiger partial charge is 0.494 e. The molecule has 0 radical (unpaired) electrons. The molecule has 0 unspecified atom stereocenters. The van der Waals surface area contributed by atoms with E-state index in [0.29, 0.717) is 35.8 Å². The molecule has 3 aromatic rings. The highest BCUT2D eigenvalue weighted by atomic mass is 16.6. The van der Waals surface area contributed by atoms with Gasteiger partial charge in [0.25, 0.3) is 5.91 Å². The van der Waals surface area contributed by atoms with Gasteiger partial charge in [0.15, 0.2) is 11.5 Å². The van der Waals surface area contributed by atoms with Crippen LogP contribution in [0, 0.1) is 0 Å². The molecule has 45 heavy (non-hydrogen) atoms. The van der Waals surface area contributed by atoms with Crippen LogP contribution in [0.3, 0.4) is 0 Å². The molecule has 1 aliphatic carbocycles. The van der Waals surface area contributed by atoms with Crippen molar-refractivity contribution in [2.24, 2.45) is 5.10 Å². The van der Waals surface area contributed by atoms with Crippen LogP contribution >= 0.6 is 0 Å². The quantitative estimate of drug-likeness (QED) is 0.0832. The number of benzene rings is 3. The van der Waals surface area contributed by atoms with Crippen molar-refractivity contribution < 1.29 is 33.4 Å². The maximum absolute atomic E-state index is 12.9. The second kappa shape index (κ2) is 16.6. The molecule has 4 rings (SSSR count). The molecule has 0 heterocycles. The Morgan fingerprint density at radius 1 is 0.867 bits per heavy atom. The first-order valence-electron chi connectivity index (χ1n) is 15.1. The van der Waals surface area contributed by atoms with Crippen molar-refractivity contribution in [1.29, 1.82) is 0 Å². The van der Waals surface area contributed by atoms with Crippen LogP contribution in [0.1, 0.15) is 78.7 Å². The number of hydrogen-bond acceptors (Lipinski definition) is 8. The molecule has 1 saturated carbocycles. The predicted octanol–water partition coefficient (Wildman–Crippen LogP) is 5.24. The number of carbonyl (C=O) groups is 4. The van der Waals surface area contributed by atoms with Crippen molar-refractivity contribution in [3.05, 3.63) is 83.4 Å². The second-order valence-corrected chi connectivity index (χ2v) is 10.4. The summed E-state index contributed by atoms with van der Waals surface area (Å²) in [6, 6.07) is 18.0. The minimum atomic E-state index is -1.02. The summed E-state index contributed by atoms with van der Waals surface area (Å²) in [6.45, 7) is 4.70. The highest BCUT2D eigenvalue weighted by Crippen LogP contribution is 2.29. The number of rotatable bonds is 12. The Morgan fingerprint density at radius 3 is 2.36 bits per heavy atom. The van der Waals surface area contributed by atoms with E-state index in [0.717, 1.165) is 38.5 Å². The van der Waals surface area contributed by atoms with E-state index >= 15 is 0 Å². The molecule has 3 amide bonds. The van der Waals surface area contributed by atoms with Crippen molar-refractivity contribution in [3.63, 3.8) is 0 Å². The van der Waals surface area contributed by atoms with Gasteiger partial charge in [0, 0.05) is 6.04 Å². The van der Waals surface area contributed by atoms with Gasteiger partial charge in [-0.05, 0) is 86.3 Å². The summed E-state index contributed by atoms with van der Waals surface area (Å²) in [5.41, 5.74) is 3.54. The molecule has 11 nitrogen and oxygen atoms in total. The topological polar surface area (TPSA) is 144 Å². The zero-order valence-electron chi connectivity index (χ0n) is 25.5. The zero-order valence-corrected chi connectivity index (χ0v) is 25.5. The van der Waals surface area contributed by atoms with E-state index in [4.69, 9.17) is 14.2 Å². The standard InChI is InChI=1S/C34H38N4O7/c1-3-20-44-26-17-15-24(16-18-26)34(42)45-29-19-14-23(21-30(29)43-4-2)22-35-38-33(41)32(40)37-28-13-9-8-12-27(28)31(39)36-25-10-6-5-7-11-25/h8-9,12-19,21-22,25H,3-7,10-11,20H2,1-2H3,(H,36,39)(H,37,40)(H,38,41). The lowest BCUT2D eigenvalue weighted by Crippen LogP contribution is -2.37. The Kier molecular flexibility index (Phi) is 12.1. The summed E-state index contributed by atoms with van der Waals surface area (Å²) in [6.07, 6.45) is 7.34. The van der Waals surface area contributed by atoms with Gasteiger partial charge in [-0.25, -0.2) is 10.2 Å². The average molecular weight is 615 g/mol. The van der Waals surface area contributed by atoms with Crippen LogP contribution in [0.4, 0.5) is 5.69 Å². The number of amides is 3. The third kappa shape index (κ3) is 9.65. The highest BCUT2D eigenvalue weighted by molar-refractivity contribution is 6.40. The van der Waals surface area contributed by atoms with E-state index in [9.17, 15) is 19.2 Å². The van der Waals surface area contributed by atoms with Gasteiger partial charge >= 0.3 is 17.8 Å². The Hall–Kier alpha value is -5.19. The lowest BCUT2D eigenvalue weighted by Gasteiger charge is -2.23. The van der Waals surface area contributed by atoms with Crippen molar-refractivity contribution in [1.82, 2.24) is 10.7 Å². The van der Waals surface area contributed by atoms with Gasteiger partial charge in [-0.15, -0.1) is 0 Å². The first-order chi connectivity index (χ1) is 21.9. The van der Waals surface area contributed by atoms with Crippen molar-refractivity contribution in [2.45, 2.75) is 58.4 Å². The molecule has 0 aromatic heterocycles. The van der Waals surface area contributed by atoms with Gasteiger partial charge in [0.05, 0.1) is 36.2 Å². The van der Waals surface area contributed by atoms with E-state index in [1.165, 1.54) is 6.21 Å². The molecule has 0 aliphatic heterocycles. The first kappa shape index (κ1) is 32.7. The molecule has 0 atom stereocenters. The lowest BCUT2D eigenvalue weighted by molar-refractivity contribution is -0.136. The zero-order chi connectivity index (χ0) is 32.0. The molecule has 236 valence electrons. The SMILES string of the molecule is CCCOc1ccc(C(=O)Oc2ccc(C=NNC(=O)C(=O)Nc3ccccc3C(=O)NC3CCCCC3)cc2OCC)cc1. The molecule has 3 aromatic carbocycles. The minimum Gasteiger partial charge on any atom is -0.494 e. The van der Waals surface area contributed by atoms with Crippen LogP contribution in [-0.4, -0.2) is 49.2 Å². The number of hydrogen-bond donors (Lipinski definition) is 3. The molecular formula is C34H38N4O7. The summed E-state index contributed by atoms with van der Waals surface area (Å²) in [5.74, 6) is -1.69. The third-order valence-electron chi connectivity index (χ3n) is 6.98. The number of para-hydroxylation sites is 1. The van der Waals surface area contributed by atoms with Gasteiger partial charge in [0.2, 0.25) is 0 Å². The smallest absolute Gasteiger partial charge is 0.343 e. The molecule has 0 saturated heterocycles. The van der Waals surface area contributed by atoms with Crippen LogP contribution in [0.15, 0.2) is 71.8 Å². The number of hydrazone groups is 1. The highest BCUT2D eigenvalue weighted by Gasteiger charge is 2.21. The van der Waals surface area contributed by atoms with Crippen molar-refractivity contribution >= 4 is 35.6 Å². The lowest BCUT2D eigenvalue weighted by atomic mass is 9.95. The second-order valence-electron chi connectivity index (χ2n) is 10.4. The van der Waals surface area contributed by atoms with E-state index in [-0.39, 0.29) is 28.9 Å². The molecule has 1 fully saturated rings. The van der Waals surface area contributed by atoms with Gasteiger partial charge < -0.3 is 24.8 Å². The van der Waals surface area contributed by atoms with Crippen LogP contribution in [0.5, 0.6) is 17.2 Å². The summed E-state index contributed by atoms with van der Waals surface area (Å²) >= 11 is 0. The Balaban J connectivity index is 1.34. The van der Waals surface area contributed by atoms with Crippen LogP contribution < -0.4 is 30.3 Å². The fourth-order valence-electron chi connectivity index (χ4n) is 4.72. The normalized spacial score (nSPS) is 13.1. The Morgan fingerprint density at radius 2 is 1.62 bits per heavy atom. The maximum atomic E-state index is 12.9. The minimum absolute atomic E-state index is 0.0973. The number of nitrogens with one attached hydrogen (secondary N) is 3. The average Bonchev–Trinajstić information content (AvgIpc) is 3.05. The molecule has 0 bridgehead atoms. The van der Waals surface area contributed by atoms with Crippen LogP contribution in [-0.2, 0) is 9.59 Å². The Labute approximate surface area is 262 Å². The maximum Gasteiger partial charge on any atom is 0.343 e. The molecule has 0 spiro atoms. The molecule has 1 aliphatic rings. The van der Waals surface area contributed by atoms with Crippen molar-refractivity contribution in [2.75, 3.05) is 18.5 Å². The number of anilines is 1. The molecule has 11 heteroatoms. The van der Waals surface area contributed by atoms with E-state index in [1.807, 2.05) is 6.92 Å². The molecule has 3 N–H and O–H groups in total. The summed E-state index contributed by atoms with van der Waals surface area (Å²) < 4.78 is 16.8. The number of nitrogens with zero attached hydrogens (tertiary/aromatic N) is 1. The summed E-state index contributed by atoms with van der Waals surface area (Å²) in [4.78, 5) is 50.6.